The predicted octanol–water partition coefficient (Wildman–Crippen LogP) is -3.85. The van der Waals surface area contributed by atoms with Crippen molar-refractivity contribution in [1.82, 2.24) is 25.9 Å². The molecule has 0 spiro atoms. The van der Waals surface area contributed by atoms with E-state index in [1.54, 1.807) is 0 Å². The third-order valence-corrected chi connectivity index (χ3v) is 4.42. The van der Waals surface area contributed by atoms with Crippen LogP contribution in [0.2, 0.25) is 0 Å². The first-order chi connectivity index (χ1) is 15.9. The molecule has 0 aliphatic rings. The number of nitrogens with two attached hydrogens (primary N) is 1. The molecule has 1 rings (SSSR count). The van der Waals surface area contributed by atoms with Crippen molar-refractivity contribution in [3.63, 3.8) is 0 Å². The van der Waals surface area contributed by atoms with Crippen molar-refractivity contribution in [3.8, 4) is 0 Å². The molecule has 0 aliphatic heterocycles. The Bertz CT molecular complexity index is 890. The van der Waals surface area contributed by atoms with Gasteiger partial charge < -0.3 is 47.1 Å². The zero-order valence-electron chi connectivity index (χ0n) is 17.8. The van der Waals surface area contributed by atoms with Crippen LogP contribution >= 0.6 is 0 Å². The number of nitrogens with zero attached hydrogens (tertiary/aromatic N) is 1. The van der Waals surface area contributed by atoms with E-state index >= 15 is 0 Å². The summed E-state index contributed by atoms with van der Waals surface area (Å²) >= 11 is 0. The van der Waals surface area contributed by atoms with Crippen molar-refractivity contribution in [2.24, 2.45) is 5.73 Å². The molecule has 0 aromatic carbocycles. The highest BCUT2D eigenvalue weighted by molar-refractivity contribution is 5.95. The Morgan fingerprint density at radius 1 is 0.912 bits per heavy atom. The molecular formula is C18H26N6O10. The number of aromatic amines is 1. The van der Waals surface area contributed by atoms with Gasteiger partial charge in [-0.05, 0) is 6.42 Å². The number of aliphatic hydroxyl groups is 1. The molecule has 0 saturated heterocycles. The molecule has 0 fully saturated rings. The average Bonchev–Trinajstić information content (AvgIpc) is 3.26. The minimum Gasteiger partial charge on any atom is -0.481 e. The van der Waals surface area contributed by atoms with Gasteiger partial charge in [-0.25, -0.2) is 9.78 Å². The Hall–Kier alpha value is -4.05. The van der Waals surface area contributed by atoms with Crippen LogP contribution in [0, 0.1) is 0 Å². The molecular weight excluding hydrogens is 460 g/mol. The molecule has 16 nitrogen and oxygen atoms in total. The number of aliphatic hydroxyl groups excluding tert-OH is 1. The lowest BCUT2D eigenvalue weighted by atomic mass is 10.1. The van der Waals surface area contributed by atoms with Crippen molar-refractivity contribution in [3.05, 3.63) is 18.2 Å². The summed E-state index contributed by atoms with van der Waals surface area (Å²) < 4.78 is 0. The van der Waals surface area contributed by atoms with Crippen LogP contribution in [0.1, 0.15) is 25.0 Å². The number of carboxylic acid groups (broad SMARTS) is 3. The Morgan fingerprint density at radius 3 is 2.00 bits per heavy atom. The lowest BCUT2D eigenvalue weighted by molar-refractivity contribution is -0.144. The third kappa shape index (κ3) is 9.61. The largest absolute Gasteiger partial charge is 0.481 e. The number of hydrogen-bond donors (Lipinski definition) is 9. The molecule has 188 valence electrons. The first kappa shape index (κ1) is 28.0. The minimum atomic E-state index is -1.73. The number of aliphatic carboxylic acids is 3. The normalized spacial score (nSPS) is 14.2. The Morgan fingerprint density at radius 2 is 1.50 bits per heavy atom. The van der Waals surface area contributed by atoms with Gasteiger partial charge in [-0.1, -0.05) is 0 Å². The van der Waals surface area contributed by atoms with E-state index in [9.17, 15) is 28.8 Å². The highest BCUT2D eigenvalue weighted by Gasteiger charge is 2.31. The second kappa shape index (κ2) is 13.5. The number of rotatable bonds is 15. The summed E-state index contributed by atoms with van der Waals surface area (Å²) in [5.74, 6) is -7.54. The number of nitrogens with one attached hydrogen (secondary N) is 4. The maximum atomic E-state index is 12.7. The Kier molecular flexibility index (Phi) is 11.1. The fourth-order valence-corrected chi connectivity index (χ4v) is 2.66. The molecule has 1 heterocycles. The number of hydrogen-bond acceptors (Lipinski definition) is 9. The van der Waals surface area contributed by atoms with Crippen molar-refractivity contribution in [1.29, 1.82) is 0 Å². The zero-order chi connectivity index (χ0) is 25.8. The summed E-state index contributed by atoms with van der Waals surface area (Å²) in [6.45, 7) is -0.980. The van der Waals surface area contributed by atoms with Crippen LogP contribution in [0.25, 0.3) is 0 Å². The van der Waals surface area contributed by atoms with E-state index in [1.807, 2.05) is 5.32 Å². The maximum Gasteiger partial charge on any atom is 0.328 e. The maximum absolute atomic E-state index is 12.7. The van der Waals surface area contributed by atoms with Crippen LogP contribution in [0.5, 0.6) is 0 Å². The van der Waals surface area contributed by atoms with Gasteiger partial charge in [0.2, 0.25) is 17.7 Å². The molecule has 10 N–H and O–H groups in total. The van der Waals surface area contributed by atoms with E-state index in [0.29, 0.717) is 5.69 Å². The number of imidazole rings is 1. The highest BCUT2D eigenvalue weighted by atomic mass is 16.4. The van der Waals surface area contributed by atoms with Crippen molar-refractivity contribution in [2.45, 2.75) is 49.9 Å². The van der Waals surface area contributed by atoms with Crippen LogP contribution in [0.3, 0.4) is 0 Å². The fraction of sp³-hybridized carbons (Fsp3) is 0.500. The van der Waals surface area contributed by atoms with E-state index in [2.05, 4.69) is 20.6 Å². The predicted molar refractivity (Wildman–Crippen MR) is 110 cm³/mol. The quantitative estimate of drug-likeness (QED) is 0.115. The third-order valence-electron chi connectivity index (χ3n) is 4.42. The van der Waals surface area contributed by atoms with Gasteiger partial charge in [0.15, 0.2) is 0 Å². The standard InChI is InChI=1S/C18H26N6O10/c19-9(3-8-5-20-7-21-8)15(30)23-11(4-14(28)29)17(32)22-10(1-2-13(26)27)16(31)24-12(6-25)18(33)34/h5,7,9-12,25H,1-4,6,19H2,(H,20,21)(H,22,32)(H,23,30)(H,24,31)(H,26,27)(H,28,29)(H,33,34). The Balaban J connectivity index is 2.95. The summed E-state index contributed by atoms with van der Waals surface area (Å²) in [6.07, 6.45) is 0.772. The molecule has 0 bridgehead atoms. The number of aromatic nitrogens is 2. The van der Waals surface area contributed by atoms with Gasteiger partial charge >= 0.3 is 17.9 Å². The van der Waals surface area contributed by atoms with Gasteiger partial charge in [0.05, 0.1) is 25.4 Å². The molecule has 0 radical (unpaired) electrons. The summed E-state index contributed by atoms with van der Waals surface area (Å²) in [6, 6.07) is -6.21. The number of H-pyrrole nitrogens is 1. The number of amides is 3. The molecule has 0 saturated carbocycles. The molecule has 4 unspecified atom stereocenters. The summed E-state index contributed by atoms with van der Waals surface area (Å²) in [5.41, 5.74) is 6.27. The lowest BCUT2D eigenvalue weighted by Gasteiger charge is -2.24. The summed E-state index contributed by atoms with van der Waals surface area (Å²) in [7, 11) is 0. The molecule has 0 aliphatic carbocycles. The molecule has 1 aromatic heterocycles. The van der Waals surface area contributed by atoms with E-state index in [1.165, 1.54) is 12.5 Å². The first-order valence-electron chi connectivity index (χ1n) is 9.85. The van der Waals surface area contributed by atoms with Gasteiger partial charge in [-0.2, -0.15) is 0 Å². The van der Waals surface area contributed by atoms with E-state index in [4.69, 9.17) is 26.2 Å². The van der Waals surface area contributed by atoms with Crippen LogP contribution in [-0.4, -0.2) is 96.8 Å². The summed E-state index contributed by atoms with van der Waals surface area (Å²) in [4.78, 5) is 77.0. The number of carbonyl (C=O) groups is 6. The number of carboxylic acids is 3. The highest BCUT2D eigenvalue weighted by Crippen LogP contribution is 2.04. The second-order valence-electron chi connectivity index (χ2n) is 7.12. The van der Waals surface area contributed by atoms with E-state index < -0.39 is 85.7 Å². The molecule has 16 heteroatoms. The van der Waals surface area contributed by atoms with Crippen LogP contribution < -0.4 is 21.7 Å². The average molecular weight is 486 g/mol. The van der Waals surface area contributed by atoms with Gasteiger partial charge in [-0.15, -0.1) is 0 Å². The molecule has 1 aromatic rings. The van der Waals surface area contributed by atoms with Gasteiger partial charge in [0.1, 0.15) is 18.1 Å². The van der Waals surface area contributed by atoms with E-state index in [-0.39, 0.29) is 6.42 Å². The monoisotopic (exact) mass is 486 g/mol. The lowest BCUT2D eigenvalue weighted by Crippen LogP contribution is -2.58. The van der Waals surface area contributed by atoms with Crippen LogP contribution in [0.4, 0.5) is 0 Å². The van der Waals surface area contributed by atoms with E-state index in [0.717, 1.165) is 0 Å². The van der Waals surface area contributed by atoms with Crippen molar-refractivity contribution < 1.29 is 49.2 Å². The van der Waals surface area contributed by atoms with Crippen LogP contribution in [0.15, 0.2) is 12.5 Å². The van der Waals surface area contributed by atoms with Gasteiger partial charge in [0, 0.05) is 24.7 Å². The van der Waals surface area contributed by atoms with Crippen LogP contribution in [-0.2, 0) is 35.2 Å². The fourth-order valence-electron chi connectivity index (χ4n) is 2.66. The smallest absolute Gasteiger partial charge is 0.328 e. The minimum absolute atomic E-state index is 0.00533. The van der Waals surface area contributed by atoms with Gasteiger partial charge in [0.25, 0.3) is 0 Å². The zero-order valence-corrected chi connectivity index (χ0v) is 17.8. The van der Waals surface area contributed by atoms with Gasteiger partial charge in [-0.3, -0.25) is 24.0 Å². The topological polar surface area (TPSA) is 274 Å². The SMILES string of the molecule is NC(Cc1cnc[nH]1)C(=O)NC(CC(=O)O)C(=O)NC(CCC(=O)O)C(=O)NC(CO)C(=O)O. The molecule has 34 heavy (non-hydrogen) atoms. The molecule has 3 amide bonds. The number of carbonyl (C=O) groups excluding carboxylic acids is 3. The Labute approximate surface area is 191 Å². The first-order valence-corrected chi connectivity index (χ1v) is 9.85. The second-order valence-corrected chi connectivity index (χ2v) is 7.12. The summed E-state index contributed by atoms with van der Waals surface area (Å²) in [5, 5.41) is 42.2. The molecule has 4 atom stereocenters. The van der Waals surface area contributed by atoms with Crippen molar-refractivity contribution >= 4 is 35.6 Å². The van der Waals surface area contributed by atoms with Crippen molar-refractivity contribution in [2.75, 3.05) is 6.61 Å².